The number of imide groups is 1. The van der Waals surface area contributed by atoms with Crippen LogP contribution in [0.2, 0.25) is 5.02 Å². The highest BCUT2D eigenvalue weighted by molar-refractivity contribution is 6.47. The maximum atomic E-state index is 14.6. The van der Waals surface area contributed by atoms with Crippen molar-refractivity contribution >= 4 is 54.4 Å². The van der Waals surface area contributed by atoms with Crippen LogP contribution in [0.3, 0.4) is 0 Å². The fourth-order valence-electron chi connectivity index (χ4n) is 5.41. The molecule has 1 unspecified atom stereocenters. The van der Waals surface area contributed by atoms with Crippen molar-refractivity contribution in [2.75, 3.05) is 31.5 Å². The lowest BCUT2D eigenvalue weighted by atomic mass is 9.72. The first-order valence-electron chi connectivity index (χ1n) is 15.2. The largest absolute Gasteiger partial charge is 0.547 e. The van der Waals surface area contributed by atoms with E-state index in [9.17, 15) is 53.1 Å². The summed E-state index contributed by atoms with van der Waals surface area (Å²) in [5.74, 6) is -9.55. The number of phenolic OH excluding ortho intramolecular Hbond substituents is 2. The predicted molar refractivity (Wildman–Crippen MR) is 173 cm³/mol. The topological polar surface area (TPSA) is 243 Å². The average molecular weight is 732 g/mol. The highest BCUT2D eigenvalue weighted by Gasteiger charge is 2.42. The Bertz CT molecular complexity index is 1880. The number of aromatic hydroxyl groups is 2. The van der Waals surface area contributed by atoms with Gasteiger partial charge in [-0.25, -0.2) is 32.9 Å². The second kappa shape index (κ2) is 15.3. The van der Waals surface area contributed by atoms with E-state index in [1.165, 1.54) is 17.2 Å². The van der Waals surface area contributed by atoms with Gasteiger partial charge in [-0.15, -0.1) is 0 Å². The molecule has 0 radical (unpaired) electrons. The van der Waals surface area contributed by atoms with E-state index >= 15 is 0 Å². The number of anilines is 1. The fraction of sp³-hybridized carbons (Fsp3) is 0.267. The Kier molecular flexibility index (Phi) is 10.9. The fourth-order valence-corrected chi connectivity index (χ4v) is 5.66. The molecule has 2 aliphatic heterocycles. The predicted octanol–water partition coefficient (Wildman–Crippen LogP) is 1.96. The van der Waals surface area contributed by atoms with Gasteiger partial charge >= 0.3 is 31.2 Å². The number of aromatic carboxylic acids is 1. The van der Waals surface area contributed by atoms with Crippen molar-refractivity contribution in [3.63, 3.8) is 0 Å². The third-order valence-corrected chi connectivity index (χ3v) is 8.33. The minimum Gasteiger partial charge on any atom is -0.534 e. The van der Waals surface area contributed by atoms with Crippen LogP contribution >= 0.6 is 11.6 Å². The summed E-state index contributed by atoms with van der Waals surface area (Å²) >= 11 is 6.14. The first-order chi connectivity index (χ1) is 24.3. The smallest absolute Gasteiger partial charge is 0.534 e. The number of aromatic nitrogens is 1. The van der Waals surface area contributed by atoms with Crippen LogP contribution in [0.4, 0.5) is 28.9 Å². The number of phenols is 2. The Morgan fingerprint density at radius 2 is 1.88 bits per heavy atom. The lowest BCUT2D eigenvalue weighted by Gasteiger charge is -2.31. The van der Waals surface area contributed by atoms with Gasteiger partial charge in [-0.05, 0) is 42.7 Å². The van der Waals surface area contributed by atoms with Crippen LogP contribution in [0.1, 0.15) is 33.9 Å². The van der Waals surface area contributed by atoms with Crippen molar-refractivity contribution in [3.05, 3.63) is 76.1 Å². The summed E-state index contributed by atoms with van der Waals surface area (Å²) in [7, 11) is -1.93. The molecule has 0 saturated carbocycles. The van der Waals surface area contributed by atoms with Gasteiger partial charge in [0, 0.05) is 37.9 Å². The van der Waals surface area contributed by atoms with E-state index in [0.29, 0.717) is 18.2 Å². The standard InChI is InChI=1S/C30H29BClF2N7O10/c32-21-16(12-18(34)23(42)24(21)43)22(26(44)38-19-11-14-4-5-17(33)20(27(45)46)25(14)51-31(19)50)39-29(48)41-10-9-40(30(41)49)8-2-7-36-28(47)37-15-3-1-6-35-13-15/h1,3-6,12-13,19,22,42-43,50H,2,7-11H2,(H,38,44)(H,39,48)(H,45,46)(H2,36,37,47)/t19-,22?/m0/s1. The Hall–Kier alpha value is -5.89. The second-order valence-electron chi connectivity index (χ2n) is 11.3. The second-order valence-corrected chi connectivity index (χ2v) is 11.7. The number of nitrogens with zero attached hydrogens (tertiary/aromatic N) is 3. The first kappa shape index (κ1) is 36.4. The van der Waals surface area contributed by atoms with Crippen molar-refractivity contribution in [2.45, 2.75) is 24.8 Å². The van der Waals surface area contributed by atoms with Gasteiger partial charge in [0.15, 0.2) is 17.3 Å². The molecule has 1 saturated heterocycles. The summed E-state index contributed by atoms with van der Waals surface area (Å²) in [6.45, 7) is 0.263. The zero-order chi connectivity index (χ0) is 37.0. The maximum Gasteiger partial charge on any atom is 0.547 e. The molecule has 2 aliphatic rings. The van der Waals surface area contributed by atoms with E-state index in [4.69, 9.17) is 16.3 Å². The van der Waals surface area contributed by atoms with Crippen LogP contribution in [0.25, 0.3) is 0 Å². The molecule has 2 atom stereocenters. The number of carboxylic acid groups (broad SMARTS) is 1. The number of carbonyl (C=O) groups is 5. The number of hydrogen-bond acceptors (Lipinski definition) is 10. The van der Waals surface area contributed by atoms with Crippen LogP contribution in [-0.2, 0) is 11.2 Å². The first-order valence-corrected chi connectivity index (χ1v) is 15.6. The number of nitrogens with one attached hydrogen (secondary N) is 4. The molecule has 8 N–H and O–H groups in total. The maximum absolute atomic E-state index is 14.6. The molecule has 51 heavy (non-hydrogen) atoms. The number of pyridine rings is 1. The lowest BCUT2D eigenvalue weighted by Crippen LogP contribution is -2.56. The van der Waals surface area contributed by atoms with Crippen molar-refractivity contribution in [1.29, 1.82) is 0 Å². The van der Waals surface area contributed by atoms with Crippen molar-refractivity contribution in [3.8, 4) is 17.2 Å². The third kappa shape index (κ3) is 7.96. The number of halogens is 3. The molecular formula is C30H29BClF2N7O10. The zero-order valence-corrected chi connectivity index (χ0v) is 27.0. The minimum absolute atomic E-state index is 0.0876. The summed E-state index contributed by atoms with van der Waals surface area (Å²) < 4.78 is 34.0. The molecule has 0 bridgehead atoms. The van der Waals surface area contributed by atoms with E-state index in [-0.39, 0.29) is 38.2 Å². The Balaban J connectivity index is 1.27. The average Bonchev–Trinajstić information content (AvgIpc) is 3.46. The number of amides is 7. The van der Waals surface area contributed by atoms with Crippen LogP contribution < -0.4 is 25.9 Å². The van der Waals surface area contributed by atoms with Gasteiger partial charge in [0.2, 0.25) is 5.91 Å². The molecule has 7 amide bonds. The van der Waals surface area contributed by atoms with Gasteiger partial charge in [-0.3, -0.25) is 9.78 Å². The summed E-state index contributed by atoms with van der Waals surface area (Å²) in [5, 5.41) is 49.1. The summed E-state index contributed by atoms with van der Waals surface area (Å²) in [4.78, 5) is 69.8. The summed E-state index contributed by atoms with van der Waals surface area (Å²) in [5.41, 5.74) is -0.806. The Morgan fingerprint density at radius 3 is 2.59 bits per heavy atom. The van der Waals surface area contributed by atoms with Crippen LogP contribution in [0.5, 0.6) is 17.2 Å². The van der Waals surface area contributed by atoms with Gasteiger partial charge in [0.05, 0.1) is 22.8 Å². The highest BCUT2D eigenvalue weighted by Crippen LogP contribution is 2.40. The number of rotatable bonds is 10. The number of carbonyl (C=O) groups excluding carboxylic acids is 4. The molecule has 0 aliphatic carbocycles. The number of carboxylic acids is 1. The van der Waals surface area contributed by atoms with Crippen LogP contribution in [-0.4, -0.2) is 104 Å². The Labute approximate surface area is 292 Å². The van der Waals surface area contributed by atoms with E-state index in [0.717, 1.165) is 11.0 Å². The zero-order valence-electron chi connectivity index (χ0n) is 26.2. The minimum atomic E-state index is -1.95. The molecule has 0 spiro atoms. The van der Waals surface area contributed by atoms with E-state index in [1.54, 1.807) is 18.3 Å². The number of urea groups is 3. The molecule has 2 aromatic carbocycles. The number of benzene rings is 2. The quantitative estimate of drug-likeness (QED) is 0.0851. The molecule has 21 heteroatoms. The molecule has 17 nitrogen and oxygen atoms in total. The molecule has 1 fully saturated rings. The molecule has 5 rings (SSSR count). The summed E-state index contributed by atoms with van der Waals surface area (Å²) in [6, 6.07) is 1.57. The van der Waals surface area contributed by atoms with Crippen molar-refractivity contribution < 1.29 is 57.8 Å². The van der Waals surface area contributed by atoms with E-state index < -0.39 is 94.1 Å². The summed E-state index contributed by atoms with van der Waals surface area (Å²) in [6.07, 6.45) is 3.03. The highest BCUT2D eigenvalue weighted by atomic mass is 35.5. The van der Waals surface area contributed by atoms with Crippen LogP contribution in [0.15, 0.2) is 42.7 Å². The molecule has 268 valence electrons. The molecular weight excluding hydrogens is 703 g/mol. The molecule has 3 heterocycles. The van der Waals surface area contributed by atoms with Gasteiger partial charge in [0.1, 0.15) is 23.2 Å². The van der Waals surface area contributed by atoms with E-state index in [1.807, 2.05) is 0 Å². The third-order valence-electron chi connectivity index (χ3n) is 7.94. The van der Waals surface area contributed by atoms with Gasteiger partial charge in [-0.1, -0.05) is 17.7 Å². The molecule has 3 aromatic rings. The van der Waals surface area contributed by atoms with Crippen LogP contribution in [0, 0.1) is 11.6 Å². The van der Waals surface area contributed by atoms with Gasteiger partial charge in [0.25, 0.3) is 0 Å². The van der Waals surface area contributed by atoms with Gasteiger partial charge < -0.3 is 51.2 Å². The lowest BCUT2D eigenvalue weighted by molar-refractivity contribution is -0.123. The monoisotopic (exact) mass is 731 g/mol. The molecule has 1 aromatic heterocycles. The Morgan fingerprint density at radius 1 is 1.12 bits per heavy atom. The van der Waals surface area contributed by atoms with E-state index in [2.05, 4.69) is 26.3 Å². The normalized spacial score (nSPS) is 15.8. The number of fused-ring (bicyclic) bond motifs is 1. The number of hydrogen-bond donors (Lipinski definition) is 8. The SMILES string of the molecule is O=C(NCCCN1CCN(C(=O)NC(C(=O)N[C@H]2Cc3ccc(F)c(C(=O)O)c3OB2O)c2cc(F)c(O)c(O)c2Cl)C1=O)Nc1cccnc1. The van der Waals surface area contributed by atoms with Crippen molar-refractivity contribution in [1.82, 2.24) is 30.7 Å². The van der Waals surface area contributed by atoms with Crippen molar-refractivity contribution in [2.24, 2.45) is 0 Å². The van der Waals surface area contributed by atoms with Gasteiger partial charge in [-0.2, -0.15) is 0 Å².